The highest BCUT2D eigenvalue weighted by Crippen LogP contribution is 2.30. The van der Waals surface area contributed by atoms with Gasteiger partial charge in [-0.2, -0.15) is 0 Å². The van der Waals surface area contributed by atoms with Crippen molar-refractivity contribution >= 4 is 34.5 Å². The molecule has 0 saturated carbocycles. The molecule has 3 rings (SSSR count). The van der Waals surface area contributed by atoms with E-state index < -0.39 is 0 Å². The van der Waals surface area contributed by atoms with E-state index in [0.29, 0.717) is 15.8 Å². The highest BCUT2D eigenvalue weighted by atomic mass is 35.5. The molecule has 0 unspecified atom stereocenters. The monoisotopic (exact) mass is 320 g/mol. The van der Waals surface area contributed by atoms with Crippen LogP contribution >= 0.6 is 34.5 Å². The first kappa shape index (κ1) is 13.4. The minimum Gasteiger partial charge on any atom is -0.457 e. The highest BCUT2D eigenvalue weighted by molar-refractivity contribution is 7.07. The average molecular weight is 321 g/mol. The van der Waals surface area contributed by atoms with Crippen molar-refractivity contribution in [2.45, 2.75) is 0 Å². The third-order valence-corrected chi connectivity index (χ3v) is 3.94. The molecular formula is C15H8Cl2NOS. The molecule has 0 aliphatic rings. The molecular weight excluding hydrogens is 313 g/mol. The maximum atomic E-state index is 5.95. The van der Waals surface area contributed by atoms with Crippen LogP contribution in [0.15, 0.2) is 47.8 Å². The van der Waals surface area contributed by atoms with Gasteiger partial charge in [0.15, 0.2) is 5.51 Å². The lowest BCUT2D eigenvalue weighted by atomic mass is 10.2. The first-order chi connectivity index (χ1) is 9.72. The number of nitrogens with zero attached hydrogens (tertiary/aromatic N) is 1. The summed E-state index contributed by atoms with van der Waals surface area (Å²) in [7, 11) is 0. The number of rotatable bonds is 3. The van der Waals surface area contributed by atoms with Gasteiger partial charge in [0.1, 0.15) is 11.5 Å². The number of thiazole rings is 1. The maximum Gasteiger partial charge on any atom is 0.152 e. The van der Waals surface area contributed by atoms with Crippen LogP contribution in [0.3, 0.4) is 0 Å². The SMILES string of the molecule is Clc1ccc(Oc2ccc(-c3cs[c]n3)cc2)cc1Cl. The number of halogens is 2. The summed E-state index contributed by atoms with van der Waals surface area (Å²) in [5, 5.41) is 2.93. The molecule has 0 bridgehead atoms. The van der Waals surface area contributed by atoms with Gasteiger partial charge in [-0.15, -0.1) is 11.3 Å². The molecule has 1 heterocycles. The zero-order valence-electron chi connectivity index (χ0n) is 10.1. The summed E-state index contributed by atoms with van der Waals surface area (Å²) in [4.78, 5) is 4.14. The van der Waals surface area contributed by atoms with Gasteiger partial charge in [-0.3, -0.25) is 0 Å². The molecule has 20 heavy (non-hydrogen) atoms. The Morgan fingerprint density at radius 1 is 0.950 bits per heavy atom. The first-order valence-corrected chi connectivity index (χ1v) is 7.41. The van der Waals surface area contributed by atoms with Crippen molar-refractivity contribution in [2.24, 2.45) is 0 Å². The molecule has 1 aromatic heterocycles. The maximum absolute atomic E-state index is 5.95. The van der Waals surface area contributed by atoms with Crippen LogP contribution in [-0.4, -0.2) is 4.98 Å². The van der Waals surface area contributed by atoms with Gasteiger partial charge in [-0.25, -0.2) is 4.98 Å². The molecule has 0 amide bonds. The quantitative estimate of drug-likeness (QED) is 0.616. The number of hydrogen-bond acceptors (Lipinski definition) is 3. The fraction of sp³-hybridized carbons (Fsp3) is 0. The molecule has 0 N–H and O–H groups in total. The zero-order valence-corrected chi connectivity index (χ0v) is 12.5. The lowest BCUT2D eigenvalue weighted by Gasteiger charge is -2.07. The molecule has 2 aromatic carbocycles. The summed E-state index contributed by atoms with van der Waals surface area (Å²) in [6.45, 7) is 0. The summed E-state index contributed by atoms with van der Waals surface area (Å²) in [5.74, 6) is 1.38. The van der Waals surface area contributed by atoms with Crippen LogP contribution in [-0.2, 0) is 0 Å². The van der Waals surface area contributed by atoms with Crippen LogP contribution < -0.4 is 4.74 Å². The average Bonchev–Trinajstić information content (AvgIpc) is 2.98. The van der Waals surface area contributed by atoms with E-state index in [4.69, 9.17) is 27.9 Å². The summed E-state index contributed by atoms with van der Waals surface area (Å²) in [5.41, 5.74) is 4.77. The smallest absolute Gasteiger partial charge is 0.152 e. The molecule has 3 aromatic rings. The van der Waals surface area contributed by atoms with E-state index in [1.807, 2.05) is 29.6 Å². The minimum absolute atomic E-state index is 0.471. The molecule has 0 atom stereocenters. The number of ether oxygens (including phenoxy) is 1. The third kappa shape index (κ3) is 2.96. The van der Waals surface area contributed by atoms with Crippen LogP contribution in [0, 0.1) is 5.51 Å². The minimum atomic E-state index is 0.471. The van der Waals surface area contributed by atoms with Gasteiger partial charge in [0.05, 0.1) is 15.7 Å². The van der Waals surface area contributed by atoms with E-state index in [2.05, 4.69) is 10.5 Å². The molecule has 2 nitrogen and oxygen atoms in total. The van der Waals surface area contributed by atoms with Gasteiger partial charge in [0, 0.05) is 17.0 Å². The van der Waals surface area contributed by atoms with Crippen LogP contribution in [0.25, 0.3) is 11.3 Å². The number of benzene rings is 2. The number of hydrogen-bond donors (Lipinski definition) is 0. The summed E-state index contributed by atoms with van der Waals surface area (Å²) in [6, 6.07) is 12.9. The molecule has 99 valence electrons. The van der Waals surface area contributed by atoms with Crippen molar-refractivity contribution in [3.63, 3.8) is 0 Å². The largest absolute Gasteiger partial charge is 0.457 e. The van der Waals surface area contributed by atoms with Crippen molar-refractivity contribution in [3.8, 4) is 22.8 Å². The molecule has 0 spiro atoms. The van der Waals surface area contributed by atoms with E-state index in [9.17, 15) is 0 Å². The predicted molar refractivity (Wildman–Crippen MR) is 82.9 cm³/mol. The Kier molecular flexibility index (Phi) is 3.92. The van der Waals surface area contributed by atoms with E-state index in [1.54, 1.807) is 18.2 Å². The van der Waals surface area contributed by atoms with Crippen molar-refractivity contribution in [1.29, 1.82) is 0 Å². The molecule has 0 aliphatic carbocycles. The van der Waals surface area contributed by atoms with Crippen molar-refractivity contribution < 1.29 is 4.74 Å². The Bertz CT molecular complexity index is 711. The molecule has 0 fully saturated rings. The Morgan fingerprint density at radius 2 is 1.70 bits per heavy atom. The second-order valence-electron chi connectivity index (χ2n) is 4.03. The van der Waals surface area contributed by atoms with E-state index in [0.717, 1.165) is 17.0 Å². The van der Waals surface area contributed by atoms with Crippen LogP contribution in [0.1, 0.15) is 0 Å². The lowest BCUT2D eigenvalue weighted by Crippen LogP contribution is -1.85. The number of aromatic nitrogens is 1. The van der Waals surface area contributed by atoms with Crippen LogP contribution in [0.2, 0.25) is 10.0 Å². The summed E-state index contributed by atoms with van der Waals surface area (Å²) >= 11 is 13.3. The third-order valence-electron chi connectivity index (χ3n) is 2.67. The molecule has 0 saturated heterocycles. The topological polar surface area (TPSA) is 22.1 Å². The Morgan fingerprint density at radius 3 is 2.35 bits per heavy atom. The van der Waals surface area contributed by atoms with E-state index in [1.165, 1.54) is 11.3 Å². The van der Waals surface area contributed by atoms with Gasteiger partial charge >= 0.3 is 0 Å². The second kappa shape index (κ2) is 5.83. The van der Waals surface area contributed by atoms with Gasteiger partial charge < -0.3 is 4.74 Å². The van der Waals surface area contributed by atoms with Gasteiger partial charge in [-0.05, 0) is 36.4 Å². The predicted octanol–water partition coefficient (Wildman–Crippen LogP) is 5.71. The van der Waals surface area contributed by atoms with Gasteiger partial charge in [0.2, 0.25) is 0 Å². The Balaban J connectivity index is 1.79. The van der Waals surface area contributed by atoms with Crippen LogP contribution in [0.5, 0.6) is 11.5 Å². The molecule has 0 aliphatic heterocycles. The van der Waals surface area contributed by atoms with Gasteiger partial charge in [0.25, 0.3) is 0 Å². The second-order valence-corrected chi connectivity index (χ2v) is 5.49. The summed E-state index contributed by atoms with van der Waals surface area (Å²) < 4.78 is 5.72. The normalized spacial score (nSPS) is 10.5. The van der Waals surface area contributed by atoms with Crippen molar-refractivity contribution in [3.05, 3.63) is 63.4 Å². The van der Waals surface area contributed by atoms with E-state index >= 15 is 0 Å². The fourth-order valence-corrected chi connectivity index (χ4v) is 2.48. The van der Waals surface area contributed by atoms with Crippen molar-refractivity contribution in [1.82, 2.24) is 4.98 Å². The fourth-order valence-electron chi connectivity index (χ4n) is 1.69. The van der Waals surface area contributed by atoms with Gasteiger partial charge in [-0.1, -0.05) is 23.2 Å². The standard InChI is InChI=1S/C15H8Cl2NOS/c16-13-6-5-12(7-14(13)17)19-11-3-1-10(2-4-11)15-8-20-9-18-15/h1-8H. The zero-order chi connectivity index (χ0) is 13.9. The molecule has 5 heteroatoms. The Hall–Kier alpha value is -1.55. The Labute approximate surface area is 130 Å². The van der Waals surface area contributed by atoms with Crippen LogP contribution in [0.4, 0.5) is 0 Å². The summed E-state index contributed by atoms with van der Waals surface area (Å²) in [6.07, 6.45) is 0. The molecule has 1 radical (unpaired) electrons. The van der Waals surface area contributed by atoms with E-state index in [-0.39, 0.29) is 0 Å². The lowest BCUT2D eigenvalue weighted by molar-refractivity contribution is 0.483. The highest BCUT2D eigenvalue weighted by Gasteiger charge is 2.03. The van der Waals surface area contributed by atoms with Crippen molar-refractivity contribution in [2.75, 3.05) is 0 Å². The first-order valence-electron chi connectivity index (χ1n) is 5.77.